The molecule has 2 heteroatoms. The first-order valence-corrected chi connectivity index (χ1v) is 5.13. The van der Waals surface area contributed by atoms with Crippen molar-refractivity contribution in [3.8, 4) is 0 Å². The van der Waals surface area contributed by atoms with Gasteiger partial charge >= 0.3 is 0 Å². The molecule has 0 heterocycles. The van der Waals surface area contributed by atoms with E-state index >= 15 is 0 Å². The van der Waals surface area contributed by atoms with E-state index in [0.29, 0.717) is 0 Å². The maximum Gasteiger partial charge on any atom is 0.227 e. The second kappa shape index (κ2) is 3.82. The maximum absolute atomic E-state index is 11.6. The lowest BCUT2D eigenvalue weighted by Gasteiger charge is -2.24. The number of carbonyl (C=O) groups is 1. The Kier molecular flexibility index (Phi) is 2.53. The van der Waals surface area contributed by atoms with Crippen LogP contribution in [0.4, 0.5) is 5.69 Å². The molecule has 0 spiro atoms. The van der Waals surface area contributed by atoms with Crippen LogP contribution in [0.5, 0.6) is 0 Å². The molecular weight excluding hydrogens is 174 g/mol. The SMILES string of the molecule is Cc1cccc(NC(=O)C2CCC2)c1. The van der Waals surface area contributed by atoms with E-state index in [2.05, 4.69) is 5.32 Å². The first-order valence-electron chi connectivity index (χ1n) is 5.13. The normalized spacial score (nSPS) is 16.1. The minimum atomic E-state index is 0.182. The minimum Gasteiger partial charge on any atom is -0.326 e. The second-order valence-electron chi connectivity index (χ2n) is 3.99. The standard InChI is InChI=1S/C12H15NO/c1-9-4-2-7-11(8-9)13-12(14)10-5-3-6-10/h2,4,7-8,10H,3,5-6H2,1H3,(H,13,14). The molecular formula is C12H15NO. The molecule has 2 nitrogen and oxygen atoms in total. The highest BCUT2D eigenvalue weighted by atomic mass is 16.1. The number of amides is 1. The van der Waals surface area contributed by atoms with Crippen molar-refractivity contribution >= 4 is 11.6 Å². The zero-order valence-corrected chi connectivity index (χ0v) is 8.42. The number of hydrogen-bond acceptors (Lipinski definition) is 1. The lowest BCUT2D eigenvalue weighted by molar-refractivity contribution is -0.122. The van der Waals surface area contributed by atoms with Gasteiger partial charge in [0.1, 0.15) is 0 Å². The van der Waals surface area contributed by atoms with Gasteiger partial charge in [-0.25, -0.2) is 0 Å². The number of carbonyl (C=O) groups excluding carboxylic acids is 1. The van der Waals surface area contributed by atoms with Gasteiger partial charge in [0.15, 0.2) is 0 Å². The summed E-state index contributed by atoms with van der Waals surface area (Å²) >= 11 is 0. The zero-order valence-electron chi connectivity index (χ0n) is 8.42. The van der Waals surface area contributed by atoms with Gasteiger partial charge in [-0.15, -0.1) is 0 Å². The second-order valence-corrected chi connectivity index (χ2v) is 3.99. The Morgan fingerprint density at radius 1 is 1.43 bits per heavy atom. The van der Waals surface area contributed by atoms with Crippen LogP contribution >= 0.6 is 0 Å². The summed E-state index contributed by atoms with van der Waals surface area (Å²) in [5.74, 6) is 0.442. The van der Waals surface area contributed by atoms with E-state index < -0.39 is 0 Å². The lowest BCUT2D eigenvalue weighted by atomic mass is 9.85. The number of benzene rings is 1. The molecule has 0 radical (unpaired) electrons. The average molecular weight is 189 g/mol. The molecule has 1 fully saturated rings. The number of anilines is 1. The summed E-state index contributed by atoms with van der Waals surface area (Å²) in [5.41, 5.74) is 2.10. The Morgan fingerprint density at radius 3 is 2.79 bits per heavy atom. The van der Waals surface area contributed by atoms with E-state index in [1.165, 1.54) is 12.0 Å². The topological polar surface area (TPSA) is 29.1 Å². The van der Waals surface area contributed by atoms with Gasteiger partial charge in [0.25, 0.3) is 0 Å². The van der Waals surface area contributed by atoms with Crippen LogP contribution in [-0.2, 0) is 4.79 Å². The first-order chi connectivity index (χ1) is 6.75. The summed E-state index contributed by atoms with van der Waals surface area (Å²) in [6.07, 6.45) is 3.31. The molecule has 0 bridgehead atoms. The fourth-order valence-corrected chi connectivity index (χ4v) is 1.64. The van der Waals surface area contributed by atoms with Crippen molar-refractivity contribution in [1.82, 2.24) is 0 Å². The fourth-order valence-electron chi connectivity index (χ4n) is 1.64. The third-order valence-corrected chi connectivity index (χ3v) is 2.76. The highest BCUT2D eigenvalue weighted by molar-refractivity contribution is 5.93. The van der Waals surface area contributed by atoms with Crippen LogP contribution in [0.25, 0.3) is 0 Å². The predicted molar refractivity (Wildman–Crippen MR) is 57.1 cm³/mol. The van der Waals surface area contributed by atoms with Crippen LogP contribution in [0.2, 0.25) is 0 Å². The van der Waals surface area contributed by atoms with Crippen LogP contribution < -0.4 is 5.32 Å². The lowest BCUT2D eigenvalue weighted by Crippen LogP contribution is -2.27. The van der Waals surface area contributed by atoms with Gasteiger partial charge in [0.05, 0.1) is 0 Å². The van der Waals surface area contributed by atoms with Gasteiger partial charge in [-0.2, -0.15) is 0 Å². The molecule has 14 heavy (non-hydrogen) atoms. The van der Waals surface area contributed by atoms with Gasteiger partial charge in [0, 0.05) is 11.6 Å². The van der Waals surface area contributed by atoms with Crippen molar-refractivity contribution in [1.29, 1.82) is 0 Å². The van der Waals surface area contributed by atoms with Gasteiger partial charge in [0.2, 0.25) is 5.91 Å². The third-order valence-electron chi connectivity index (χ3n) is 2.76. The van der Waals surface area contributed by atoms with Gasteiger partial charge < -0.3 is 5.32 Å². The van der Waals surface area contributed by atoms with E-state index in [4.69, 9.17) is 0 Å². The fraction of sp³-hybridized carbons (Fsp3) is 0.417. The van der Waals surface area contributed by atoms with E-state index in [-0.39, 0.29) is 11.8 Å². The highest BCUT2D eigenvalue weighted by Gasteiger charge is 2.24. The molecule has 0 aliphatic heterocycles. The maximum atomic E-state index is 11.6. The highest BCUT2D eigenvalue weighted by Crippen LogP contribution is 2.27. The molecule has 1 aromatic carbocycles. The van der Waals surface area contributed by atoms with Crippen LogP contribution in [0.3, 0.4) is 0 Å². The summed E-state index contributed by atoms with van der Waals surface area (Å²) in [7, 11) is 0. The molecule has 0 saturated heterocycles. The van der Waals surface area contributed by atoms with Crippen molar-refractivity contribution < 1.29 is 4.79 Å². The van der Waals surface area contributed by atoms with Gasteiger partial charge in [-0.1, -0.05) is 18.6 Å². The number of hydrogen-bond donors (Lipinski definition) is 1. The number of aryl methyl sites for hydroxylation is 1. The molecule has 1 saturated carbocycles. The summed E-state index contributed by atoms with van der Waals surface area (Å²) in [5, 5.41) is 2.95. The van der Waals surface area contributed by atoms with Crippen LogP contribution in [-0.4, -0.2) is 5.91 Å². The molecule has 1 N–H and O–H groups in total. The van der Waals surface area contributed by atoms with Gasteiger partial charge in [-0.3, -0.25) is 4.79 Å². The van der Waals surface area contributed by atoms with E-state index in [0.717, 1.165) is 18.5 Å². The molecule has 1 aliphatic rings. The van der Waals surface area contributed by atoms with Gasteiger partial charge in [-0.05, 0) is 37.5 Å². The van der Waals surface area contributed by atoms with E-state index in [9.17, 15) is 4.79 Å². The molecule has 1 aromatic rings. The van der Waals surface area contributed by atoms with Crippen LogP contribution in [0, 0.1) is 12.8 Å². The molecule has 2 rings (SSSR count). The molecule has 0 atom stereocenters. The summed E-state index contributed by atoms with van der Waals surface area (Å²) in [4.78, 5) is 11.6. The van der Waals surface area contributed by atoms with E-state index in [1.54, 1.807) is 0 Å². The average Bonchev–Trinajstić information content (AvgIpc) is 1.99. The molecule has 1 aliphatic carbocycles. The Labute approximate surface area is 84.3 Å². The Morgan fingerprint density at radius 2 is 2.21 bits per heavy atom. The van der Waals surface area contributed by atoms with E-state index in [1.807, 2.05) is 31.2 Å². The minimum absolute atomic E-state index is 0.182. The van der Waals surface area contributed by atoms with Crippen LogP contribution in [0.15, 0.2) is 24.3 Å². The van der Waals surface area contributed by atoms with Crippen molar-refractivity contribution in [2.45, 2.75) is 26.2 Å². The summed E-state index contributed by atoms with van der Waals surface area (Å²) in [6, 6.07) is 7.92. The Balaban J connectivity index is 1.99. The molecule has 74 valence electrons. The number of nitrogens with one attached hydrogen (secondary N) is 1. The molecule has 1 amide bonds. The molecule has 0 unspecified atom stereocenters. The quantitative estimate of drug-likeness (QED) is 0.761. The third kappa shape index (κ3) is 1.95. The summed E-state index contributed by atoms with van der Waals surface area (Å²) < 4.78 is 0. The Hall–Kier alpha value is -1.31. The monoisotopic (exact) mass is 189 g/mol. The van der Waals surface area contributed by atoms with Crippen LogP contribution in [0.1, 0.15) is 24.8 Å². The Bertz CT molecular complexity index is 342. The summed E-state index contributed by atoms with van der Waals surface area (Å²) in [6.45, 7) is 2.03. The molecule has 0 aromatic heterocycles. The van der Waals surface area contributed by atoms with Crippen molar-refractivity contribution in [2.24, 2.45) is 5.92 Å². The van der Waals surface area contributed by atoms with Crippen molar-refractivity contribution in [3.63, 3.8) is 0 Å². The zero-order chi connectivity index (χ0) is 9.97. The smallest absolute Gasteiger partial charge is 0.227 e. The van der Waals surface area contributed by atoms with Crippen molar-refractivity contribution in [2.75, 3.05) is 5.32 Å². The first kappa shape index (κ1) is 9.25. The predicted octanol–water partition coefficient (Wildman–Crippen LogP) is 2.73. The van der Waals surface area contributed by atoms with Crippen molar-refractivity contribution in [3.05, 3.63) is 29.8 Å². The largest absolute Gasteiger partial charge is 0.326 e. The number of rotatable bonds is 2.